The predicted octanol–water partition coefficient (Wildman–Crippen LogP) is -0.942. The highest BCUT2D eigenvalue weighted by atomic mass is 16.6. The molecule has 2 rings (SSSR count). The average molecular weight is 245 g/mol. The number of aliphatic hydroxyl groups is 1. The molecule has 2 aliphatic heterocycles. The predicted molar refractivity (Wildman–Crippen MR) is 58.5 cm³/mol. The highest BCUT2D eigenvalue weighted by Crippen LogP contribution is 2.24. The van der Waals surface area contributed by atoms with E-state index in [1.54, 1.807) is 6.92 Å². The van der Waals surface area contributed by atoms with Crippen LogP contribution in [0.5, 0.6) is 0 Å². The molecule has 0 aliphatic carbocycles. The summed E-state index contributed by atoms with van der Waals surface area (Å²) in [5.74, 6) is -0.239. The maximum atomic E-state index is 11.7. The van der Waals surface area contributed by atoms with Crippen molar-refractivity contribution in [1.29, 1.82) is 0 Å². The van der Waals surface area contributed by atoms with E-state index in [1.165, 1.54) is 0 Å². The van der Waals surface area contributed by atoms with Crippen molar-refractivity contribution in [2.75, 3.05) is 33.0 Å². The monoisotopic (exact) mass is 245 g/mol. The SMILES string of the molecule is CC1OCCC1(O)CNC(=O)C1COCCO1. The molecule has 6 nitrogen and oxygen atoms in total. The molecule has 17 heavy (non-hydrogen) atoms. The molecule has 2 aliphatic rings. The van der Waals surface area contributed by atoms with Gasteiger partial charge in [-0.15, -0.1) is 0 Å². The van der Waals surface area contributed by atoms with E-state index in [9.17, 15) is 9.90 Å². The lowest BCUT2D eigenvalue weighted by atomic mass is 9.96. The Bertz CT molecular complexity index is 279. The fraction of sp³-hybridized carbons (Fsp3) is 0.909. The summed E-state index contributed by atoms with van der Waals surface area (Å²) in [7, 11) is 0. The number of hydrogen-bond acceptors (Lipinski definition) is 5. The zero-order valence-corrected chi connectivity index (χ0v) is 9.98. The molecule has 3 unspecified atom stereocenters. The maximum absolute atomic E-state index is 11.7. The molecule has 1 amide bonds. The Labute approximate surface area is 100 Å². The first kappa shape index (κ1) is 12.8. The molecule has 2 N–H and O–H groups in total. The van der Waals surface area contributed by atoms with Gasteiger partial charge in [0.25, 0.3) is 5.91 Å². The summed E-state index contributed by atoms with van der Waals surface area (Å²) in [5, 5.41) is 12.9. The normalized spacial score (nSPS) is 38.0. The van der Waals surface area contributed by atoms with E-state index < -0.39 is 11.7 Å². The third-order valence-corrected chi connectivity index (χ3v) is 3.34. The van der Waals surface area contributed by atoms with Crippen LogP contribution in [0.3, 0.4) is 0 Å². The van der Waals surface area contributed by atoms with Crippen molar-refractivity contribution >= 4 is 5.91 Å². The molecule has 0 saturated carbocycles. The molecule has 0 aromatic rings. The number of carbonyl (C=O) groups excluding carboxylic acids is 1. The van der Waals surface area contributed by atoms with Crippen LogP contribution in [0.15, 0.2) is 0 Å². The Kier molecular flexibility index (Phi) is 3.98. The van der Waals surface area contributed by atoms with Crippen LogP contribution in [0.1, 0.15) is 13.3 Å². The first-order valence-corrected chi connectivity index (χ1v) is 5.93. The van der Waals surface area contributed by atoms with E-state index in [4.69, 9.17) is 14.2 Å². The van der Waals surface area contributed by atoms with E-state index in [1.807, 2.05) is 0 Å². The molecule has 6 heteroatoms. The Morgan fingerprint density at radius 3 is 2.82 bits per heavy atom. The van der Waals surface area contributed by atoms with Crippen molar-refractivity contribution < 1.29 is 24.1 Å². The molecule has 2 heterocycles. The van der Waals surface area contributed by atoms with Gasteiger partial charge in [-0.1, -0.05) is 0 Å². The first-order chi connectivity index (χ1) is 8.12. The molecule has 2 saturated heterocycles. The Hall–Kier alpha value is -0.690. The quantitative estimate of drug-likeness (QED) is 0.671. The molecule has 0 bridgehead atoms. The standard InChI is InChI=1S/C11H19NO5/c1-8-11(14,2-3-16-8)7-12-10(13)9-6-15-4-5-17-9/h8-9,14H,2-7H2,1H3,(H,12,13). The number of carbonyl (C=O) groups is 1. The summed E-state index contributed by atoms with van der Waals surface area (Å²) in [6.45, 7) is 3.75. The summed E-state index contributed by atoms with van der Waals surface area (Å²) in [5.41, 5.74) is -0.967. The van der Waals surface area contributed by atoms with Crippen LogP contribution in [0.4, 0.5) is 0 Å². The third kappa shape index (κ3) is 2.95. The van der Waals surface area contributed by atoms with Crippen LogP contribution in [-0.2, 0) is 19.0 Å². The number of hydrogen-bond donors (Lipinski definition) is 2. The summed E-state index contributed by atoms with van der Waals surface area (Å²) in [4.78, 5) is 11.7. The van der Waals surface area contributed by atoms with Gasteiger partial charge in [-0.25, -0.2) is 0 Å². The van der Waals surface area contributed by atoms with Gasteiger partial charge in [0.2, 0.25) is 0 Å². The summed E-state index contributed by atoms with van der Waals surface area (Å²) < 4.78 is 15.7. The molecule has 98 valence electrons. The Balaban J connectivity index is 1.79. The van der Waals surface area contributed by atoms with Gasteiger partial charge in [0.1, 0.15) is 5.60 Å². The largest absolute Gasteiger partial charge is 0.385 e. The summed E-state index contributed by atoms with van der Waals surface area (Å²) in [6.07, 6.45) is -0.285. The highest BCUT2D eigenvalue weighted by molar-refractivity contribution is 5.81. The van der Waals surface area contributed by atoms with Crippen molar-refractivity contribution in [1.82, 2.24) is 5.32 Å². The van der Waals surface area contributed by atoms with Crippen LogP contribution in [0.25, 0.3) is 0 Å². The van der Waals surface area contributed by atoms with E-state index >= 15 is 0 Å². The molecule has 0 radical (unpaired) electrons. The van der Waals surface area contributed by atoms with Gasteiger partial charge >= 0.3 is 0 Å². The second-order valence-electron chi connectivity index (χ2n) is 4.52. The topological polar surface area (TPSA) is 77.0 Å². The molecular formula is C11H19NO5. The highest BCUT2D eigenvalue weighted by Gasteiger charge is 2.40. The summed E-state index contributed by atoms with van der Waals surface area (Å²) >= 11 is 0. The van der Waals surface area contributed by atoms with Crippen LogP contribution < -0.4 is 5.32 Å². The minimum atomic E-state index is -0.967. The van der Waals surface area contributed by atoms with Crippen LogP contribution in [-0.4, -0.2) is 61.8 Å². The number of amides is 1. The zero-order valence-electron chi connectivity index (χ0n) is 9.98. The minimum Gasteiger partial charge on any atom is -0.385 e. The van der Waals surface area contributed by atoms with Gasteiger partial charge < -0.3 is 24.6 Å². The van der Waals surface area contributed by atoms with Gasteiger partial charge in [0, 0.05) is 19.6 Å². The minimum absolute atomic E-state index is 0.187. The van der Waals surface area contributed by atoms with Gasteiger partial charge in [-0.2, -0.15) is 0 Å². The lowest BCUT2D eigenvalue weighted by Gasteiger charge is -2.28. The van der Waals surface area contributed by atoms with Crippen LogP contribution in [0.2, 0.25) is 0 Å². The van der Waals surface area contributed by atoms with Crippen molar-refractivity contribution in [2.24, 2.45) is 0 Å². The Morgan fingerprint density at radius 1 is 1.41 bits per heavy atom. The van der Waals surface area contributed by atoms with Gasteiger partial charge in [-0.05, 0) is 6.92 Å². The second kappa shape index (κ2) is 5.30. The third-order valence-electron chi connectivity index (χ3n) is 3.34. The summed E-state index contributed by atoms with van der Waals surface area (Å²) in [6, 6.07) is 0. The number of rotatable bonds is 3. The van der Waals surface area contributed by atoms with E-state index in [2.05, 4.69) is 5.32 Å². The maximum Gasteiger partial charge on any atom is 0.251 e. The molecular weight excluding hydrogens is 226 g/mol. The lowest BCUT2D eigenvalue weighted by Crippen LogP contribution is -2.51. The first-order valence-electron chi connectivity index (χ1n) is 5.93. The zero-order chi connectivity index (χ0) is 12.3. The smallest absolute Gasteiger partial charge is 0.251 e. The molecule has 0 aromatic heterocycles. The van der Waals surface area contributed by atoms with Crippen LogP contribution >= 0.6 is 0 Å². The molecule has 3 atom stereocenters. The van der Waals surface area contributed by atoms with Gasteiger partial charge in [0.15, 0.2) is 6.10 Å². The molecule has 2 fully saturated rings. The number of nitrogens with one attached hydrogen (secondary N) is 1. The number of ether oxygens (including phenoxy) is 3. The lowest BCUT2D eigenvalue weighted by molar-refractivity contribution is -0.149. The molecule has 0 spiro atoms. The van der Waals surface area contributed by atoms with Crippen molar-refractivity contribution in [3.8, 4) is 0 Å². The fourth-order valence-corrected chi connectivity index (χ4v) is 2.00. The van der Waals surface area contributed by atoms with Crippen molar-refractivity contribution in [3.63, 3.8) is 0 Å². The van der Waals surface area contributed by atoms with Crippen molar-refractivity contribution in [2.45, 2.75) is 31.2 Å². The molecule has 0 aromatic carbocycles. The van der Waals surface area contributed by atoms with E-state index in [0.717, 1.165) is 0 Å². The average Bonchev–Trinajstić information content (AvgIpc) is 2.68. The van der Waals surface area contributed by atoms with E-state index in [-0.39, 0.29) is 25.2 Å². The Morgan fingerprint density at radius 2 is 2.24 bits per heavy atom. The van der Waals surface area contributed by atoms with Crippen molar-refractivity contribution in [3.05, 3.63) is 0 Å². The van der Waals surface area contributed by atoms with Gasteiger partial charge in [0.05, 0.1) is 25.9 Å². The fourth-order valence-electron chi connectivity index (χ4n) is 2.00. The van der Waals surface area contributed by atoms with E-state index in [0.29, 0.717) is 26.2 Å². The van der Waals surface area contributed by atoms with Crippen LogP contribution in [0, 0.1) is 0 Å². The second-order valence-corrected chi connectivity index (χ2v) is 4.52. The van der Waals surface area contributed by atoms with Gasteiger partial charge in [-0.3, -0.25) is 4.79 Å².